The molecule has 124 valence electrons. The van der Waals surface area contributed by atoms with Crippen molar-refractivity contribution < 1.29 is 22.7 Å². The van der Waals surface area contributed by atoms with Gasteiger partial charge < -0.3 is 9.52 Å². The van der Waals surface area contributed by atoms with E-state index in [9.17, 15) is 23.1 Å². The van der Waals surface area contributed by atoms with Crippen LogP contribution in [0.25, 0.3) is 17.1 Å². The summed E-state index contributed by atoms with van der Waals surface area (Å²) in [4.78, 5) is 11.9. The fraction of sp³-hybridized carbons (Fsp3) is 0.0667. The fourth-order valence-corrected chi connectivity index (χ4v) is 2.19. The number of hydrogen-bond acceptors (Lipinski definition) is 4. The SMILES string of the molecule is O=c1oc(-c2cc(Cl)ccc2O)nn1-c1ccc(C(F)(F)F)cc1. The molecule has 24 heavy (non-hydrogen) atoms. The molecule has 0 aliphatic carbocycles. The molecule has 0 saturated carbocycles. The van der Waals surface area contributed by atoms with Gasteiger partial charge in [0.15, 0.2) is 0 Å². The zero-order valence-corrected chi connectivity index (χ0v) is 12.5. The summed E-state index contributed by atoms with van der Waals surface area (Å²) < 4.78 is 43.4. The zero-order chi connectivity index (χ0) is 17.5. The summed E-state index contributed by atoms with van der Waals surface area (Å²) in [5.74, 6) is -1.33. The Morgan fingerprint density at radius 1 is 1.12 bits per heavy atom. The summed E-state index contributed by atoms with van der Waals surface area (Å²) in [6, 6.07) is 7.92. The quantitative estimate of drug-likeness (QED) is 0.757. The topological polar surface area (TPSA) is 68.3 Å². The van der Waals surface area contributed by atoms with Gasteiger partial charge in [0, 0.05) is 5.02 Å². The van der Waals surface area contributed by atoms with E-state index in [0.29, 0.717) is 0 Å². The molecule has 1 aromatic heterocycles. The van der Waals surface area contributed by atoms with Crippen molar-refractivity contribution in [2.24, 2.45) is 0 Å². The molecule has 0 amide bonds. The number of halogens is 4. The Morgan fingerprint density at radius 2 is 1.79 bits per heavy atom. The molecule has 0 saturated heterocycles. The molecule has 1 heterocycles. The van der Waals surface area contributed by atoms with Crippen LogP contribution in [0.3, 0.4) is 0 Å². The van der Waals surface area contributed by atoms with Gasteiger partial charge in [-0.15, -0.1) is 5.10 Å². The van der Waals surface area contributed by atoms with Gasteiger partial charge in [0.25, 0.3) is 5.89 Å². The summed E-state index contributed by atoms with van der Waals surface area (Å²) in [7, 11) is 0. The smallest absolute Gasteiger partial charge is 0.442 e. The molecule has 1 N–H and O–H groups in total. The molecule has 0 fully saturated rings. The Hall–Kier alpha value is -2.74. The Bertz CT molecular complexity index is 946. The molecule has 0 spiro atoms. The van der Waals surface area contributed by atoms with E-state index in [1.54, 1.807) is 0 Å². The Morgan fingerprint density at radius 3 is 2.42 bits per heavy atom. The zero-order valence-electron chi connectivity index (χ0n) is 11.7. The average molecular weight is 357 g/mol. The third-order valence-corrected chi connectivity index (χ3v) is 3.41. The molecule has 3 aromatic rings. The maximum atomic E-state index is 12.6. The Balaban J connectivity index is 2.04. The van der Waals surface area contributed by atoms with Gasteiger partial charge in [0.2, 0.25) is 0 Å². The van der Waals surface area contributed by atoms with E-state index in [4.69, 9.17) is 16.0 Å². The van der Waals surface area contributed by atoms with Gasteiger partial charge in [-0.1, -0.05) is 11.6 Å². The number of phenolic OH excluding ortho intramolecular Hbond substituents is 1. The first-order valence-electron chi connectivity index (χ1n) is 6.52. The van der Waals surface area contributed by atoms with Gasteiger partial charge in [-0.25, -0.2) is 4.79 Å². The fourth-order valence-electron chi connectivity index (χ4n) is 2.02. The lowest BCUT2D eigenvalue weighted by Crippen LogP contribution is -2.14. The van der Waals surface area contributed by atoms with Crippen LogP contribution in [0.15, 0.2) is 51.7 Å². The summed E-state index contributed by atoms with van der Waals surface area (Å²) >= 11 is 5.82. The minimum absolute atomic E-state index is 0.0875. The maximum Gasteiger partial charge on any atom is 0.442 e. The van der Waals surface area contributed by atoms with Gasteiger partial charge >= 0.3 is 11.9 Å². The number of hydrogen-bond donors (Lipinski definition) is 1. The highest BCUT2D eigenvalue weighted by atomic mass is 35.5. The van der Waals surface area contributed by atoms with Crippen LogP contribution in [-0.2, 0) is 6.18 Å². The van der Waals surface area contributed by atoms with E-state index < -0.39 is 17.5 Å². The van der Waals surface area contributed by atoms with Crippen molar-refractivity contribution in [3.63, 3.8) is 0 Å². The van der Waals surface area contributed by atoms with E-state index in [2.05, 4.69) is 5.10 Å². The molecule has 5 nitrogen and oxygen atoms in total. The largest absolute Gasteiger partial charge is 0.507 e. The van der Waals surface area contributed by atoms with Gasteiger partial charge in [-0.05, 0) is 42.5 Å². The third-order valence-electron chi connectivity index (χ3n) is 3.18. The van der Waals surface area contributed by atoms with Gasteiger partial charge in [0.1, 0.15) is 5.75 Å². The van der Waals surface area contributed by atoms with Crippen LogP contribution in [0.5, 0.6) is 5.75 Å². The van der Waals surface area contributed by atoms with Crippen LogP contribution in [0.2, 0.25) is 5.02 Å². The van der Waals surface area contributed by atoms with Crippen LogP contribution >= 0.6 is 11.6 Å². The lowest BCUT2D eigenvalue weighted by Gasteiger charge is -2.06. The number of rotatable bonds is 2. The van der Waals surface area contributed by atoms with Crippen LogP contribution in [0.4, 0.5) is 13.2 Å². The first kappa shape index (κ1) is 16.1. The average Bonchev–Trinajstić information content (AvgIpc) is 2.91. The number of aromatic nitrogens is 2. The molecule has 0 atom stereocenters. The minimum atomic E-state index is -4.48. The third kappa shape index (κ3) is 3.00. The normalized spacial score (nSPS) is 11.7. The molecule has 0 radical (unpaired) electrons. The van der Waals surface area contributed by atoms with Crippen LogP contribution in [-0.4, -0.2) is 14.9 Å². The number of aromatic hydroxyl groups is 1. The molecule has 0 bridgehead atoms. The van der Waals surface area contributed by atoms with Crippen LogP contribution < -0.4 is 5.76 Å². The molecule has 3 rings (SSSR count). The van der Waals surface area contributed by atoms with Crippen molar-refractivity contribution in [1.82, 2.24) is 9.78 Å². The predicted octanol–water partition coefficient (Wildman–Crippen LogP) is 3.87. The lowest BCUT2D eigenvalue weighted by molar-refractivity contribution is -0.137. The van der Waals surface area contributed by atoms with E-state index >= 15 is 0 Å². The Kier molecular flexibility index (Phi) is 3.84. The number of benzene rings is 2. The second-order valence-electron chi connectivity index (χ2n) is 4.79. The van der Waals surface area contributed by atoms with E-state index in [1.807, 2.05) is 0 Å². The van der Waals surface area contributed by atoms with Crippen LogP contribution in [0, 0.1) is 0 Å². The summed E-state index contributed by atoms with van der Waals surface area (Å²) in [6.07, 6.45) is -4.48. The summed E-state index contributed by atoms with van der Waals surface area (Å²) in [5.41, 5.74) is -0.676. The number of nitrogens with zero attached hydrogens (tertiary/aromatic N) is 2. The molecule has 0 aliphatic rings. The first-order chi connectivity index (χ1) is 11.3. The van der Waals surface area contributed by atoms with Crippen molar-refractivity contribution in [2.75, 3.05) is 0 Å². The first-order valence-corrected chi connectivity index (χ1v) is 6.90. The molecule has 0 unspecified atom stereocenters. The van der Waals surface area contributed by atoms with Gasteiger partial charge in [0.05, 0.1) is 16.8 Å². The van der Waals surface area contributed by atoms with E-state index in [-0.39, 0.29) is 27.9 Å². The standard InChI is InChI=1S/C15H8ClF3N2O3/c16-9-3-6-12(22)11(7-9)13-20-21(14(23)24-13)10-4-1-8(2-5-10)15(17,18)19/h1-7,22H. The molecule has 2 aromatic carbocycles. The molecule has 9 heteroatoms. The predicted molar refractivity (Wildman–Crippen MR) is 79.2 cm³/mol. The lowest BCUT2D eigenvalue weighted by atomic mass is 10.2. The van der Waals surface area contributed by atoms with E-state index in [0.717, 1.165) is 28.9 Å². The minimum Gasteiger partial charge on any atom is -0.507 e. The number of alkyl halides is 3. The van der Waals surface area contributed by atoms with Crippen molar-refractivity contribution in [1.29, 1.82) is 0 Å². The van der Waals surface area contributed by atoms with Crippen molar-refractivity contribution in [3.8, 4) is 22.9 Å². The molecular formula is C15H8ClF3N2O3. The number of phenols is 1. The van der Waals surface area contributed by atoms with Gasteiger partial charge in [-0.2, -0.15) is 17.9 Å². The van der Waals surface area contributed by atoms with Crippen LogP contribution in [0.1, 0.15) is 5.56 Å². The second kappa shape index (κ2) is 5.72. The van der Waals surface area contributed by atoms with Crippen molar-refractivity contribution in [3.05, 3.63) is 63.6 Å². The highest BCUT2D eigenvalue weighted by molar-refractivity contribution is 6.30. The highest BCUT2D eigenvalue weighted by Crippen LogP contribution is 2.31. The Labute approximate surface area is 137 Å². The maximum absolute atomic E-state index is 12.6. The van der Waals surface area contributed by atoms with Gasteiger partial charge in [-0.3, -0.25) is 0 Å². The van der Waals surface area contributed by atoms with E-state index in [1.165, 1.54) is 18.2 Å². The second-order valence-corrected chi connectivity index (χ2v) is 5.23. The highest BCUT2D eigenvalue weighted by Gasteiger charge is 2.30. The van der Waals surface area contributed by atoms with Crippen molar-refractivity contribution in [2.45, 2.75) is 6.18 Å². The summed E-state index contributed by atoms with van der Waals surface area (Å²) in [5, 5.41) is 14.0. The molecular weight excluding hydrogens is 349 g/mol. The van der Waals surface area contributed by atoms with Crippen molar-refractivity contribution >= 4 is 11.6 Å². The monoisotopic (exact) mass is 356 g/mol. The summed E-state index contributed by atoms with van der Waals surface area (Å²) in [6.45, 7) is 0. The molecule has 0 aliphatic heterocycles.